The van der Waals surface area contributed by atoms with Crippen LogP contribution in [0.4, 0.5) is 0 Å². The number of para-hydroxylation sites is 2. The van der Waals surface area contributed by atoms with Gasteiger partial charge in [0, 0.05) is 28.4 Å². The molecule has 1 aromatic heterocycles. The summed E-state index contributed by atoms with van der Waals surface area (Å²) in [5.74, 6) is 0. The van der Waals surface area contributed by atoms with Gasteiger partial charge < -0.3 is 4.57 Å². The first kappa shape index (κ1) is 15.5. The van der Waals surface area contributed by atoms with E-state index in [-0.39, 0.29) is 0 Å². The van der Waals surface area contributed by atoms with Crippen molar-refractivity contribution in [3.63, 3.8) is 0 Å². The SMILES string of the molecule is c1ccc2c(Cn3c4ccccc4c4ccccc43)c3ccccc3cc2c1. The van der Waals surface area contributed by atoms with Crippen LogP contribution in [0.25, 0.3) is 43.4 Å². The van der Waals surface area contributed by atoms with E-state index in [0.29, 0.717) is 0 Å². The fourth-order valence-corrected chi connectivity index (χ4v) is 4.61. The monoisotopic (exact) mass is 357 g/mol. The van der Waals surface area contributed by atoms with Gasteiger partial charge in [0.1, 0.15) is 0 Å². The zero-order valence-corrected chi connectivity index (χ0v) is 15.5. The molecular weight excluding hydrogens is 338 g/mol. The Kier molecular flexibility index (Phi) is 3.30. The van der Waals surface area contributed by atoms with Gasteiger partial charge in [-0.1, -0.05) is 84.9 Å². The molecule has 0 bridgehead atoms. The highest BCUT2D eigenvalue weighted by atomic mass is 15.0. The third-order valence-corrected chi connectivity index (χ3v) is 5.88. The molecule has 1 nitrogen and oxygen atoms in total. The van der Waals surface area contributed by atoms with E-state index in [0.717, 1.165) is 6.54 Å². The molecule has 0 atom stereocenters. The smallest absolute Gasteiger partial charge is 0.0494 e. The molecular formula is C27H19N. The van der Waals surface area contributed by atoms with Crippen LogP contribution in [0.3, 0.4) is 0 Å². The summed E-state index contributed by atoms with van der Waals surface area (Å²) >= 11 is 0. The molecule has 1 heterocycles. The van der Waals surface area contributed by atoms with Crippen LogP contribution in [0.2, 0.25) is 0 Å². The van der Waals surface area contributed by atoms with Gasteiger partial charge in [-0.2, -0.15) is 0 Å². The molecule has 5 aromatic carbocycles. The molecule has 28 heavy (non-hydrogen) atoms. The van der Waals surface area contributed by atoms with Crippen molar-refractivity contribution in [2.45, 2.75) is 6.54 Å². The average molecular weight is 357 g/mol. The standard InChI is InChI=1S/C27H19N/c1-3-11-21-19(9-1)17-20-10-2-4-12-22(20)25(21)18-28-26-15-7-5-13-23(26)24-14-6-8-16-27(24)28/h1-17H,18H2. The Hall–Kier alpha value is -3.58. The highest BCUT2D eigenvalue weighted by Crippen LogP contribution is 2.33. The van der Waals surface area contributed by atoms with Crippen molar-refractivity contribution in [1.29, 1.82) is 0 Å². The fraction of sp³-hybridized carbons (Fsp3) is 0.0370. The van der Waals surface area contributed by atoms with Crippen molar-refractivity contribution < 1.29 is 0 Å². The predicted molar refractivity (Wildman–Crippen MR) is 120 cm³/mol. The number of benzene rings is 5. The second-order valence-corrected chi connectivity index (χ2v) is 7.42. The molecule has 6 rings (SSSR count). The number of fused-ring (bicyclic) bond motifs is 5. The fourth-order valence-electron chi connectivity index (χ4n) is 4.61. The van der Waals surface area contributed by atoms with Crippen LogP contribution in [0.1, 0.15) is 5.56 Å². The summed E-state index contributed by atoms with van der Waals surface area (Å²) in [6.45, 7) is 0.857. The topological polar surface area (TPSA) is 4.93 Å². The Morgan fingerprint density at radius 2 is 0.893 bits per heavy atom. The Morgan fingerprint density at radius 1 is 0.464 bits per heavy atom. The largest absolute Gasteiger partial charge is 0.336 e. The molecule has 0 aliphatic heterocycles. The van der Waals surface area contributed by atoms with Crippen molar-refractivity contribution in [2.75, 3.05) is 0 Å². The summed E-state index contributed by atoms with van der Waals surface area (Å²) in [5, 5.41) is 7.92. The molecule has 0 aliphatic carbocycles. The van der Waals surface area contributed by atoms with Crippen LogP contribution in [-0.2, 0) is 6.54 Å². The maximum atomic E-state index is 2.47. The quantitative estimate of drug-likeness (QED) is 0.290. The van der Waals surface area contributed by atoms with Gasteiger partial charge in [0.25, 0.3) is 0 Å². The Bertz CT molecular complexity index is 1380. The minimum atomic E-state index is 0.857. The van der Waals surface area contributed by atoms with E-state index in [1.165, 1.54) is 48.9 Å². The normalized spacial score (nSPS) is 11.7. The lowest BCUT2D eigenvalue weighted by atomic mass is 9.96. The molecule has 0 aliphatic rings. The lowest BCUT2D eigenvalue weighted by Crippen LogP contribution is -2.01. The molecule has 132 valence electrons. The summed E-state index contributed by atoms with van der Waals surface area (Å²) in [4.78, 5) is 0. The van der Waals surface area contributed by atoms with Crippen LogP contribution in [-0.4, -0.2) is 4.57 Å². The molecule has 0 amide bonds. The summed E-state index contributed by atoms with van der Waals surface area (Å²) in [6.07, 6.45) is 0. The zero-order valence-electron chi connectivity index (χ0n) is 15.5. The van der Waals surface area contributed by atoms with E-state index in [4.69, 9.17) is 0 Å². The summed E-state index contributed by atoms with van der Waals surface area (Å²) in [7, 11) is 0. The zero-order chi connectivity index (χ0) is 18.5. The van der Waals surface area contributed by atoms with Gasteiger partial charge in [0.15, 0.2) is 0 Å². The van der Waals surface area contributed by atoms with Gasteiger partial charge in [-0.3, -0.25) is 0 Å². The van der Waals surface area contributed by atoms with Crippen molar-refractivity contribution in [3.8, 4) is 0 Å². The number of nitrogens with zero attached hydrogens (tertiary/aromatic N) is 1. The molecule has 0 fully saturated rings. The predicted octanol–water partition coefficient (Wildman–Crippen LogP) is 7.15. The van der Waals surface area contributed by atoms with Gasteiger partial charge in [-0.05, 0) is 45.3 Å². The lowest BCUT2D eigenvalue weighted by molar-refractivity contribution is 0.882. The van der Waals surface area contributed by atoms with E-state index in [1.54, 1.807) is 0 Å². The number of aromatic nitrogens is 1. The van der Waals surface area contributed by atoms with Gasteiger partial charge in [0.2, 0.25) is 0 Å². The molecule has 0 radical (unpaired) electrons. The summed E-state index contributed by atoms with van der Waals surface area (Å²) in [6, 6.07) is 37.3. The van der Waals surface area contributed by atoms with E-state index in [2.05, 4.69) is 108 Å². The first-order valence-corrected chi connectivity index (χ1v) is 9.75. The number of hydrogen-bond donors (Lipinski definition) is 0. The molecule has 0 N–H and O–H groups in total. The van der Waals surface area contributed by atoms with Crippen molar-refractivity contribution in [1.82, 2.24) is 4.57 Å². The van der Waals surface area contributed by atoms with Crippen LogP contribution < -0.4 is 0 Å². The Balaban J connectivity index is 1.71. The second-order valence-electron chi connectivity index (χ2n) is 7.42. The molecule has 0 spiro atoms. The highest BCUT2D eigenvalue weighted by molar-refractivity contribution is 6.08. The maximum absolute atomic E-state index is 2.47. The van der Waals surface area contributed by atoms with Crippen LogP contribution in [0.5, 0.6) is 0 Å². The summed E-state index contributed by atoms with van der Waals surface area (Å²) in [5.41, 5.74) is 3.97. The van der Waals surface area contributed by atoms with Crippen LogP contribution in [0.15, 0.2) is 103 Å². The summed E-state index contributed by atoms with van der Waals surface area (Å²) < 4.78 is 2.47. The van der Waals surface area contributed by atoms with E-state index in [1.807, 2.05) is 0 Å². The van der Waals surface area contributed by atoms with Gasteiger partial charge in [-0.15, -0.1) is 0 Å². The average Bonchev–Trinajstić information content (AvgIpc) is 3.07. The number of rotatable bonds is 2. The van der Waals surface area contributed by atoms with Crippen molar-refractivity contribution >= 4 is 43.4 Å². The van der Waals surface area contributed by atoms with E-state index < -0.39 is 0 Å². The van der Waals surface area contributed by atoms with Crippen LogP contribution in [0, 0.1) is 0 Å². The number of hydrogen-bond acceptors (Lipinski definition) is 0. The lowest BCUT2D eigenvalue weighted by Gasteiger charge is -2.14. The van der Waals surface area contributed by atoms with Crippen molar-refractivity contribution in [2.24, 2.45) is 0 Å². The second kappa shape index (κ2) is 5.97. The van der Waals surface area contributed by atoms with E-state index in [9.17, 15) is 0 Å². The van der Waals surface area contributed by atoms with Gasteiger partial charge in [0.05, 0.1) is 0 Å². The maximum Gasteiger partial charge on any atom is 0.0494 e. The third-order valence-electron chi connectivity index (χ3n) is 5.88. The van der Waals surface area contributed by atoms with Crippen LogP contribution >= 0.6 is 0 Å². The minimum Gasteiger partial charge on any atom is -0.336 e. The van der Waals surface area contributed by atoms with Crippen molar-refractivity contribution in [3.05, 3.63) is 109 Å². The van der Waals surface area contributed by atoms with Gasteiger partial charge >= 0.3 is 0 Å². The molecule has 0 saturated heterocycles. The van der Waals surface area contributed by atoms with E-state index >= 15 is 0 Å². The molecule has 0 saturated carbocycles. The molecule has 1 heteroatoms. The minimum absolute atomic E-state index is 0.857. The first-order valence-electron chi connectivity index (χ1n) is 9.75. The third kappa shape index (κ3) is 2.20. The molecule has 6 aromatic rings. The Morgan fingerprint density at radius 3 is 1.43 bits per heavy atom. The first-order chi connectivity index (χ1) is 13.9. The molecule has 0 unspecified atom stereocenters. The highest BCUT2D eigenvalue weighted by Gasteiger charge is 2.13. The Labute approximate surface area is 163 Å². The van der Waals surface area contributed by atoms with Gasteiger partial charge in [-0.25, -0.2) is 0 Å².